The zero-order valence-corrected chi connectivity index (χ0v) is 18.1. The van der Waals surface area contributed by atoms with Crippen molar-refractivity contribution in [3.05, 3.63) is 82.6 Å². The van der Waals surface area contributed by atoms with E-state index in [1.807, 2.05) is 42.6 Å². The Morgan fingerprint density at radius 3 is 2.57 bits per heavy atom. The Kier molecular flexibility index (Phi) is 6.56. The highest BCUT2D eigenvalue weighted by molar-refractivity contribution is 7.99. The van der Waals surface area contributed by atoms with Crippen molar-refractivity contribution in [3.8, 4) is 11.1 Å². The molecule has 2 aromatic heterocycles. The molecule has 1 amide bonds. The van der Waals surface area contributed by atoms with Crippen molar-refractivity contribution in [3.63, 3.8) is 0 Å². The first-order valence-electron chi connectivity index (χ1n) is 9.55. The summed E-state index contributed by atoms with van der Waals surface area (Å²) < 4.78 is 1.72. The van der Waals surface area contributed by atoms with Gasteiger partial charge in [-0.15, -0.1) is 16.4 Å². The fourth-order valence-corrected chi connectivity index (χ4v) is 4.41. The molecule has 4 rings (SSSR count). The molecule has 152 valence electrons. The molecule has 0 bridgehead atoms. The third-order valence-corrected chi connectivity index (χ3v) is 6.43. The molecule has 0 spiro atoms. The SMILES string of the molecule is C[C@H](NC(=O)CSc1nnnn1Cc1cccs1)c1ccc(-c2ccccc2)cc1. The zero-order chi connectivity index (χ0) is 20.8. The Morgan fingerprint density at radius 1 is 1.07 bits per heavy atom. The summed E-state index contributed by atoms with van der Waals surface area (Å²) in [7, 11) is 0. The normalized spacial score (nSPS) is 11.9. The minimum Gasteiger partial charge on any atom is -0.349 e. The Morgan fingerprint density at radius 2 is 1.83 bits per heavy atom. The molecule has 0 aliphatic heterocycles. The minimum atomic E-state index is -0.0787. The van der Waals surface area contributed by atoms with E-state index in [1.54, 1.807) is 16.0 Å². The van der Waals surface area contributed by atoms with E-state index >= 15 is 0 Å². The Balaban J connectivity index is 1.31. The molecule has 1 N–H and O–H groups in total. The molecule has 30 heavy (non-hydrogen) atoms. The molecule has 4 aromatic rings. The summed E-state index contributed by atoms with van der Waals surface area (Å²) in [5, 5.41) is 17.5. The van der Waals surface area contributed by atoms with Crippen LogP contribution in [0.3, 0.4) is 0 Å². The molecular weight excluding hydrogens is 414 g/mol. The van der Waals surface area contributed by atoms with Gasteiger partial charge in [0.25, 0.3) is 0 Å². The van der Waals surface area contributed by atoms with Crippen molar-refractivity contribution in [1.29, 1.82) is 0 Å². The summed E-state index contributed by atoms with van der Waals surface area (Å²) in [6.07, 6.45) is 0. The summed E-state index contributed by atoms with van der Waals surface area (Å²) in [6, 6.07) is 22.5. The molecule has 6 nitrogen and oxygen atoms in total. The van der Waals surface area contributed by atoms with Crippen LogP contribution < -0.4 is 5.32 Å². The van der Waals surface area contributed by atoms with Crippen LogP contribution in [-0.2, 0) is 11.3 Å². The average molecular weight is 436 g/mol. The first kappa shape index (κ1) is 20.3. The van der Waals surface area contributed by atoms with Gasteiger partial charge in [-0.05, 0) is 45.5 Å². The van der Waals surface area contributed by atoms with Crippen molar-refractivity contribution in [1.82, 2.24) is 25.5 Å². The molecular formula is C22H21N5OS2. The zero-order valence-electron chi connectivity index (χ0n) is 16.4. The maximum absolute atomic E-state index is 12.4. The van der Waals surface area contributed by atoms with Gasteiger partial charge in [0.05, 0.1) is 18.3 Å². The van der Waals surface area contributed by atoms with Gasteiger partial charge in [-0.25, -0.2) is 4.68 Å². The molecule has 0 saturated carbocycles. The van der Waals surface area contributed by atoms with Crippen molar-refractivity contribution in [2.24, 2.45) is 0 Å². The Labute approximate surface area is 183 Å². The molecule has 0 radical (unpaired) electrons. The highest BCUT2D eigenvalue weighted by Gasteiger charge is 2.13. The topological polar surface area (TPSA) is 72.7 Å². The first-order valence-corrected chi connectivity index (χ1v) is 11.4. The van der Waals surface area contributed by atoms with Crippen LogP contribution in [0, 0.1) is 0 Å². The van der Waals surface area contributed by atoms with E-state index in [1.165, 1.54) is 22.2 Å². The van der Waals surface area contributed by atoms with Crippen LogP contribution in [0.4, 0.5) is 0 Å². The lowest BCUT2D eigenvalue weighted by atomic mass is 10.0. The number of thioether (sulfide) groups is 1. The summed E-state index contributed by atoms with van der Waals surface area (Å²) in [5.41, 5.74) is 3.40. The molecule has 2 heterocycles. The number of nitrogens with one attached hydrogen (secondary N) is 1. The van der Waals surface area contributed by atoms with E-state index in [0.717, 1.165) is 11.1 Å². The molecule has 0 saturated heterocycles. The van der Waals surface area contributed by atoms with Crippen molar-refractivity contribution in [2.75, 3.05) is 5.75 Å². The number of carbonyl (C=O) groups is 1. The van der Waals surface area contributed by atoms with Crippen LogP contribution in [-0.4, -0.2) is 31.9 Å². The van der Waals surface area contributed by atoms with E-state index in [9.17, 15) is 4.79 Å². The number of thiophene rings is 1. The quantitative estimate of drug-likeness (QED) is 0.415. The number of nitrogens with zero attached hydrogens (tertiary/aromatic N) is 4. The van der Waals surface area contributed by atoms with Gasteiger partial charge >= 0.3 is 0 Å². The van der Waals surface area contributed by atoms with Crippen LogP contribution in [0.2, 0.25) is 0 Å². The van der Waals surface area contributed by atoms with Crippen LogP contribution >= 0.6 is 23.1 Å². The number of hydrogen-bond donors (Lipinski definition) is 1. The van der Waals surface area contributed by atoms with E-state index in [-0.39, 0.29) is 17.7 Å². The third-order valence-electron chi connectivity index (χ3n) is 4.61. The summed E-state index contributed by atoms with van der Waals surface area (Å²) in [6.45, 7) is 2.60. The number of aromatic nitrogens is 4. The minimum absolute atomic E-state index is 0.0506. The van der Waals surface area contributed by atoms with Gasteiger partial charge in [-0.3, -0.25) is 4.79 Å². The van der Waals surface area contributed by atoms with Gasteiger partial charge in [-0.2, -0.15) is 0 Å². The number of amides is 1. The Bertz CT molecular complexity index is 1080. The van der Waals surface area contributed by atoms with Gasteiger partial charge < -0.3 is 5.32 Å². The predicted octanol–water partition coefficient (Wildman–Crippen LogP) is 4.42. The number of hydrogen-bond acceptors (Lipinski definition) is 6. The second-order valence-electron chi connectivity index (χ2n) is 6.76. The largest absolute Gasteiger partial charge is 0.349 e. The van der Waals surface area contributed by atoms with Crippen molar-refractivity contribution in [2.45, 2.75) is 24.7 Å². The molecule has 0 aliphatic rings. The molecule has 2 aromatic carbocycles. The highest BCUT2D eigenvalue weighted by Crippen LogP contribution is 2.22. The third kappa shape index (κ3) is 5.14. The molecule has 1 atom stereocenters. The maximum Gasteiger partial charge on any atom is 0.230 e. The van der Waals surface area contributed by atoms with E-state index in [2.05, 4.69) is 57.2 Å². The lowest BCUT2D eigenvalue weighted by Crippen LogP contribution is -2.28. The predicted molar refractivity (Wildman–Crippen MR) is 120 cm³/mol. The van der Waals surface area contributed by atoms with E-state index in [4.69, 9.17) is 0 Å². The molecule has 0 fully saturated rings. The first-order chi connectivity index (χ1) is 14.7. The van der Waals surface area contributed by atoms with Crippen LogP contribution in [0.1, 0.15) is 23.4 Å². The molecule has 0 aliphatic carbocycles. The van der Waals surface area contributed by atoms with Gasteiger partial charge in [-0.1, -0.05) is 72.4 Å². The number of rotatable bonds is 8. The summed E-state index contributed by atoms with van der Waals surface area (Å²) in [4.78, 5) is 13.6. The summed E-state index contributed by atoms with van der Waals surface area (Å²) in [5.74, 6) is 0.211. The molecule has 0 unspecified atom stereocenters. The lowest BCUT2D eigenvalue weighted by molar-refractivity contribution is -0.119. The Hall–Kier alpha value is -2.97. The summed E-state index contributed by atoms with van der Waals surface area (Å²) >= 11 is 2.99. The van der Waals surface area contributed by atoms with Crippen molar-refractivity contribution >= 4 is 29.0 Å². The monoisotopic (exact) mass is 435 g/mol. The van der Waals surface area contributed by atoms with Crippen LogP contribution in [0.5, 0.6) is 0 Å². The van der Waals surface area contributed by atoms with E-state index < -0.39 is 0 Å². The standard InChI is InChI=1S/C22H21N5OS2/c1-16(17-9-11-19(12-10-17)18-6-3-2-4-7-18)23-21(28)15-30-22-24-25-26-27(22)14-20-8-5-13-29-20/h2-13,16H,14-15H2,1H3,(H,23,28)/t16-/m0/s1. The van der Waals surface area contributed by atoms with Gasteiger partial charge in [0.15, 0.2) is 0 Å². The van der Waals surface area contributed by atoms with E-state index in [0.29, 0.717) is 11.7 Å². The van der Waals surface area contributed by atoms with Gasteiger partial charge in [0, 0.05) is 4.88 Å². The highest BCUT2D eigenvalue weighted by atomic mass is 32.2. The van der Waals surface area contributed by atoms with Crippen LogP contribution in [0.15, 0.2) is 77.3 Å². The van der Waals surface area contributed by atoms with Crippen molar-refractivity contribution < 1.29 is 4.79 Å². The smallest absolute Gasteiger partial charge is 0.230 e. The van der Waals surface area contributed by atoms with Gasteiger partial charge in [0.1, 0.15) is 0 Å². The number of carbonyl (C=O) groups excluding carboxylic acids is 1. The second kappa shape index (κ2) is 9.69. The fourth-order valence-electron chi connectivity index (χ4n) is 3.04. The number of benzene rings is 2. The lowest BCUT2D eigenvalue weighted by Gasteiger charge is -2.15. The van der Waals surface area contributed by atoms with Crippen LogP contribution in [0.25, 0.3) is 11.1 Å². The average Bonchev–Trinajstić information content (AvgIpc) is 3.45. The molecule has 8 heteroatoms. The second-order valence-corrected chi connectivity index (χ2v) is 8.74. The maximum atomic E-state index is 12.4. The van der Waals surface area contributed by atoms with Gasteiger partial charge in [0.2, 0.25) is 11.1 Å². The number of tetrazole rings is 1. The fraction of sp³-hybridized carbons (Fsp3) is 0.182.